The van der Waals surface area contributed by atoms with Gasteiger partial charge in [0.15, 0.2) is 0 Å². The molecule has 10 nitrogen and oxygen atoms in total. The molecule has 2 aliphatic carbocycles. The number of nitrogens with two attached hydrogens (primary N) is 4. The minimum Gasteiger partial charge on any atom is -0.494 e. The van der Waals surface area contributed by atoms with E-state index in [0.717, 1.165) is 88.5 Å². The van der Waals surface area contributed by atoms with Crippen molar-refractivity contribution in [3.63, 3.8) is 0 Å². The van der Waals surface area contributed by atoms with Crippen LogP contribution in [0.3, 0.4) is 0 Å². The summed E-state index contributed by atoms with van der Waals surface area (Å²) in [7, 11) is 0. The molecule has 10 heteroatoms. The molecule has 2 atom stereocenters. The molecule has 2 aliphatic rings. The van der Waals surface area contributed by atoms with Gasteiger partial charge < -0.3 is 41.9 Å². The van der Waals surface area contributed by atoms with E-state index in [0.29, 0.717) is 26.4 Å². The van der Waals surface area contributed by atoms with Crippen molar-refractivity contribution in [2.45, 2.75) is 95.6 Å². The van der Waals surface area contributed by atoms with Gasteiger partial charge in [0.1, 0.15) is 23.1 Å². The molecule has 6 rings (SSSR count). The summed E-state index contributed by atoms with van der Waals surface area (Å²) in [5, 5.41) is 0. The third-order valence-corrected chi connectivity index (χ3v) is 11.5. The molecule has 8 N–H and O–H groups in total. The van der Waals surface area contributed by atoms with Crippen LogP contribution in [0.1, 0.15) is 105 Å². The molecule has 4 aromatic rings. The van der Waals surface area contributed by atoms with Crippen LogP contribution in [0, 0.1) is 0 Å². The summed E-state index contributed by atoms with van der Waals surface area (Å²) in [5.41, 5.74) is 34.0. The van der Waals surface area contributed by atoms with Crippen LogP contribution in [0.5, 0.6) is 11.5 Å². The van der Waals surface area contributed by atoms with Crippen LogP contribution in [-0.4, -0.2) is 63.0 Å². The smallest absolute Gasteiger partial charge is 0.327 e. The van der Waals surface area contributed by atoms with Crippen molar-refractivity contribution in [3.8, 4) is 22.6 Å². The van der Waals surface area contributed by atoms with Gasteiger partial charge in [-0.05, 0) is 176 Å². The average Bonchev–Trinajstić information content (AvgIpc) is 3.28. The second kappa shape index (κ2) is 22.5. The summed E-state index contributed by atoms with van der Waals surface area (Å²) in [5.74, 6) is 0.885. The van der Waals surface area contributed by atoms with E-state index < -0.39 is 23.5 Å². The monoisotopic (exact) mass is 828 g/mol. The highest BCUT2D eigenvalue weighted by molar-refractivity contribution is 5.87. The largest absolute Gasteiger partial charge is 0.494 e. The molecule has 0 amide bonds. The number of hydrogen-bond acceptors (Lipinski definition) is 10. The van der Waals surface area contributed by atoms with Crippen molar-refractivity contribution in [1.82, 2.24) is 0 Å². The molecule has 0 radical (unpaired) electrons. The van der Waals surface area contributed by atoms with Crippen LogP contribution >= 0.6 is 0 Å². The van der Waals surface area contributed by atoms with Crippen LogP contribution < -0.4 is 32.4 Å². The number of esters is 2. The van der Waals surface area contributed by atoms with Crippen molar-refractivity contribution in [1.29, 1.82) is 0 Å². The lowest BCUT2D eigenvalue weighted by Gasteiger charge is -2.20. The van der Waals surface area contributed by atoms with E-state index in [4.69, 9.17) is 41.9 Å². The molecule has 0 saturated carbocycles. The Morgan fingerprint density at radius 3 is 1.69 bits per heavy atom. The summed E-state index contributed by atoms with van der Waals surface area (Å²) in [4.78, 5) is 23.6. The summed E-state index contributed by atoms with van der Waals surface area (Å²) >= 11 is 0. The molecular weight excluding hydrogens is 765 g/mol. The van der Waals surface area contributed by atoms with Gasteiger partial charge in [-0.15, -0.1) is 0 Å². The summed E-state index contributed by atoms with van der Waals surface area (Å²) in [6, 6.07) is 30.1. The maximum absolute atomic E-state index is 12.0. The van der Waals surface area contributed by atoms with Crippen LogP contribution in [0.25, 0.3) is 34.4 Å². The number of carbonyl (C=O) groups excluding carboxylic acids is 2. The molecule has 0 heterocycles. The zero-order valence-corrected chi connectivity index (χ0v) is 35.8. The molecule has 0 spiro atoms. The van der Waals surface area contributed by atoms with Crippen molar-refractivity contribution < 1.29 is 28.5 Å². The fourth-order valence-corrected chi connectivity index (χ4v) is 7.66. The topological polar surface area (TPSA) is 175 Å². The minimum absolute atomic E-state index is 0.0537. The van der Waals surface area contributed by atoms with Gasteiger partial charge in [0.2, 0.25) is 0 Å². The first-order valence-corrected chi connectivity index (χ1v) is 22.1. The number of benzene rings is 4. The van der Waals surface area contributed by atoms with Gasteiger partial charge in [0, 0.05) is 13.1 Å². The molecular formula is C51H64N4O6. The highest BCUT2D eigenvalue weighted by Crippen LogP contribution is 2.36. The second-order valence-electron chi connectivity index (χ2n) is 16.5. The number of aryl methyl sites for hydroxylation is 2. The van der Waals surface area contributed by atoms with Gasteiger partial charge in [-0.1, -0.05) is 60.7 Å². The lowest BCUT2D eigenvalue weighted by atomic mass is 9.87. The highest BCUT2D eigenvalue weighted by atomic mass is 16.5. The van der Waals surface area contributed by atoms with Crippen molar-refractivity contribution >= 4 is 35.2 Å². The maximum atomic E-state index is 12.0. The highest BCUT2D eigenvalue weighted by Gasteiger charge is 2.28. The predicted octanol–water partition coefficient (Wildman–Crippen LogP) is 8.25. The first kappa shape index (κ1) is 45.3. The minimum atomic E-state index is -1.14. The van der Waals surface area contributed by atoms with Gasteiger partial charge in [-0.25, -0.2) is 0 Å². The number of allylic oxidation sites excluding steroid dienone is 2. The Kier molecular flexibility index (Phi) is 16.7. The van der Waals surface area contributed by atoms with E-state index in [1.807, 2.05) is 0 Å². The van der Waals surface area contributed by atoms with E-state index >= 15 is 0 Å². The lowest BCUT2D eigenvalue weighted by Crippen LogP contribution is -2.52. The van der Waals surface area contributed by atoms with Crippen LogP contribution in [0.2, 0.25) is 0 Å². The standard InChI is InChI=1S/C51H64N4O6/c1-51(55,35-53)50(57)61-27-9-3-7-25-59-47-23-21-44-31-42(18-19-45(44)33-47)40-17-11-16-39(29-40)38-15-10-14-37(28-38)36-12-4-5-13-41-32-46(22-20-43(41)30-36)58-24-6-2-8-26-60-49(56)48(54)34-52/h10-11,14-17,20-23,28-33,48H,2-9,12-13,18-19,24-27,34-35,52-55H2,1H3/b36-30+. The maximum Gasteiger partial charge on any atom is 0.327 e. The van der Waals surface area contributed by atoms with Crippen molar-refractivity contribution in [3.05, 3.63) is 118 Å². The lowest BCUT2D eigenvalue weighted by molar-refractivity contribution is -0.149. The van der Waals surface area contributed by atoms with E-state index in [-0.39, 0.29) is 13.1 Å². The number of fused-ring (bicyclic) bond motifs is 2. The Bertz CT molecular complexity index is 2160. The molecule has 2 unspecified atom stereocenters. The Hall–Kier alpha value is -5.26. The number of hydrogen-bond donors (Lipinski definition) is 4. The van der Waals surface area contributed by atoms with Gasteiger partial charge in [-0.2, -0.15) is 0 Å². The van der Waals surface area contributed by atoms with Crippen molar-refractivity contribution in [2.24, 2.45) is 22.9 Å². The SMILES string of the molecule is CC(N)(CN)C(=O)OCCCCCOc1ccc2c(c1)CCC(c1cccc(-c3cccc(/C4=C/c5ccc(OCCCCCOC(=O)C(N)CN)cc5CCCC4)c3)c1)=C2. The van der Waals surface area contributed by atoms with E-state index in [1.54, 1.807) is 6.92 Å². The number of unbranched alkanes of at least 4 members (excludes halogenated alkanes) is 4. The van der Waals surface area contributed by atoms with E-state index in [1.165, 1.54) is 55.7 Å². The number of ether oxygens (including phenoxy) is 4. The van der Waals surface area contributed by atoms with Gasteiger partial charge >= 0.3 is 11.9 Å². The molecule has 324 valence electrons. The number of carbonyl (C=O) groups is 2. The van der Waals surface area contributed by atoms with Crippen LogP contribution in [0.4, 0.5) is 0 Å². The van der Waals surface area contributed by atoms with Crippen molar-refractivity contribution in [2.75, 3.05) is 39.5 Å². The Morgan fingerprint density at radius 2 is 1.11 bits per heavy atom. The summed E-state index contributed by atoms with van der Waals surface area (Å²) in [6.45, 7) is 3.64. The summed E-state index contributed by atoms with van der Waals surface area (Å²) < 4.78 is 22.6. The van der Waals surface area contributed by atoms with E-state index in [9.17, 15) is 9.59 Å². The van der Waals surface area contributed by atoms with Crippen LogP contribution in [-0.2, 0) is 31.9 Å². The fraction of sp³-hybridized carbons (Fsp3) is 0.412. The Balaban J connectivity index is 1.02. The Labute approximate surface area is 361 Å². The number of rotatable bonds is 21. The zero-order valence-electron chi connectivity index (χ0n) is 35.8. The van der Waals surface area contributed by atoms with Gasteiger partial charge in [-0.3, -0.25) is 9.59 Å². The molecule has 0 fully saturated rings. The average molecular weight is 829 g/mol. The third kappa shape index (κ3) is 13.1. The molecule has 61 heavy (non-hydrogen) atoms. The first-order chi connectivity index (χ1) is 29.6. The molecule has 4 aromatic carbocycles. The molecule has 0 aromatic heterocycles. The zero-order chi connectivity index (χ0) is 43.0. The molecule has 0 saturated heterocycles. The van der Waals surface area contributed by atoms with Gasteiger partial charge in [0.25, 0.3) is 0 Å². The normalized spacial score (nSPS) is 16.0. The second-order valence-corrected chi connectivity index (χ2v) is 16.5. The molecule has 0 bridgehead atoms. The van der Waals surface area contributed by atoms with E-state index in [2.05, 4.69) is 97.1 Å². The third-order valence-electron chi connectivity index (χ3n) is 11.5. The molecule has 0 aliphatic heterocycles. The quantitative estimate of drug-likeness (QED) is 0.0473. The predicted molar refractivity (Wildman–Crippen MR) is 246 cm³/mol. The Morgan fingerprint density at radius 1 is 0.607 bits per heavy atom. The fourth-order valence-electron chi connectivity index (χ4n) is 7.66. The van der Waals surface area contributed by atoms with Gasteiger partial charge in [0.05, 0.1) is 26.4 Å². The van der Waals surface area contributed by atoms with Crippen LogP contribution in [0.15, 0.2) is 84.9 Å². The summed E-state index contributed by atoms with van der Waals surface area (Å²) in [6.07, 6.45) is 16.0. The first-order valence-electron chi connectivity index (χ1n) is 22.1.